The zero-order valence-electron chi connectivity index (χ0n) is 14.0. The quantitative estimate of drug-likeness (QED) is 0.445. The van der Waals surface area contributed by atoms with Gasteiger partial charge in [-0.25, -0.2) is 4.99 Å². The predicted octanol–water partition coefficient (Wildman–Crippen LogP) is 7.02. The lowest BCUT2D eigenvalue weighted by Gasteiger charge is -2.09. The molecular weight excluding hydrogens is 402 g/mol. The summed E-state index contributed by atoms with van der Waals surface area (Å²) in [4.78, 5) is 6.00. The molecule has 126 valence electrons. The summed E-state index contributed by atoms with van der Waals surface area (Å²) in [6, 6.07) is 29.2. The number of hydrogen-bond donors (Lipinski definition) is 0. The molecule has 0 amide bonds. The third-order valence-corrected chi connectivity index (χ3v) is 5.71. The van der Waals surface area contributed by atoms with Crippen LogP contribution >= 0.6 is 27.7 Å². The molecule has 0 atom stereocenters. The van der Waals surface area contributed by atoms with Gasteiger partial charge in [-0.05, 0) is 29.3 Å². The molecule has 26 heavy (non-hydrogen) atoms. The fraction of sp³-hybridized carbons (Fsp3) is 0. The number of aliphatic imine (C=N–C) groups is 1. The van der Waals surface area contributed by atoms with Crippen LogP contribution in [0.15, 0.2) is 107 Å². The molecule has 4 rings (SSSR count). The van der Waals surface area contributed by atoms with E-state index in [2.05, 4.69) is 94.8 Å². The van der Waals surface area contributed by atoms with Gasteiger partial charge in [0.1, 0.15) is 5.04 Å². The molecule has 1 aliphatic heterocycles. The van der Waals surface area contributed by atoms with Crippen LogP contribution in [0.1, 0.15) is 16.7 Å². The van der Waals surface area contributed by atoms with E-state index in [0.29, 0.717) is 0 Å². The topological polar surface area (TPSA) is 12.4 Å². The maximum atomic E-state index is 4.80. The Labute approximate surface area is 166 Å². The zero-order valence-corrected chi connectivity index (χ0v) is 16.4. The van der Waals surface area contributed by atoms with Crippen molar-refractivity contribution in [1.82, 2.24) is 0 Å². The third kappa shape index (κ3) is 3.90. The van der Waals surface area contributed by atoms with E-state index in [0.717, 1.165) is 26.2 Å². The molecule has 3 aromatic carbocycles. The van der Waals surface area contributed by atoms with Gasteiger partial charge < -0.3 is 0 Å². The summed E-state index contributed by atoms with van der Waals surface area (Å²) in [5.74, 6) is 0. The minimum absolute atomic E-state index is 1.01. The molecular formula is C23H16BrNS. The number of allylic oxidation sites excluding steroid dienone is 2. The molecule has 1 heterocycles. The third-order valence-electron chi connectivity index (χ3n) is 4.07. The summed E-state index contributed by atoms with van der Waals surface area (Å²) in [6.45, 7) is 0. The van der Waals surface area contributed by atoms with Gasteiger partial charge in [0.2, 0.25) is 0 Å². The molecule has 0 N–H and O–H groups in total. The highest BCUT2D eigenvalue weighted by Gasteiger charge is 2.14. The van der Waals surface area contributed by atoms with Gasteiger partial charge in [0.25, 0.3) is 0 Å². The van der Waals surface area contributed by atoms with Gasteiger partial charge in [-0.1, -0.05) is 100 Å². The normalized spacial score (nSPS) is 14.1. The van der Waals surface area contributed by atoms with E-state index in [4.69, 9.17) is 4.99 Å². The van der Waals surface area contributed by atoms with E-state index in [9.17, 15) is 0 Å². The Balaban J connectivity index is 1.82. The van der Waals surface area contributed by atoms with Crippen molar-refractivity contribution in [3.63, 3.8) is 0 Å². The molecule has 0 aromatic heterocycles. The van der Waals surface area contributed by atoms with Crippen LogP contribution in [0, 0.1) is 0 Å². The van der Waals surface area contributed by atoms with Crippen LogP contribution in [0.25, 0.3) is 10.5 Å². The van der Waals surface area contributed by atoms with Crippen molar-refractivity contribution >= 4 is 43.2 Å². The Morgan fingerprint density at radius 2 is 1.27 bits per heavy atom. The predicted molar refractivity (Wildman–Crippen MR) is 117 cm³/mol. The van der Waals surface area contributed by atoms with E-state index in [-0.39, 0.29) is 0 Å². The van der Waals surface area contributed by atoms with E-state index >= 15 is 0 Å². The van der Waals surface area contributed by atoms with Crippen LogP contribution in [-0.2, 0) is 0 Å². The first-order chi connectivity index (χ1) is 12.8. The van der Waals surface area contributed by atoms with Crippen molar-refractivity contribution in [2.75, 3.05) is 0 Å². The highest BCUT2D eigenvalue weighted by Crippen LogP contribution is 2.36. The first-order valence-corrected chi connectivity index (χ1v) is 9.95. The molecule has 1 aliphatic rings. The molecule has 0 aliphatic carbocycles. The van der Waals surface area contributed by atoms with Gasteiger partial charge in [0, 0.05) is 26.7 Å². The van der Waals surface area contributed by atoms with Crippen LogP contribution in [0.4, 0.5) is 0 Å². The Kier molecular flexibility index (Phi) is 5.19. The van der Waals surface area contributed by atoms with Crippen molar-refractivity contribution in [3.05, 3.63) is 118 Å². The number of rotatable bonds is 3. The molecule has 0 bridgehead atoms. The lowest BCUT2D eigenvalue weighted by molar-refractivity contribution is 1.52. The standard InChI is InChI=1S/C23H16BrNS/c24-21-13-11-17(12-14-21)20-15-22(18-7-3-1-4-8-18)26-23(25-16-20)19-9-5-2-6-10-19/h1-16H. The number of halogens is 1. The maximum absolute atomic E-state index is 4.80. The minimum atomic E-state index is 1.01. The Morgan fingerprint density at radius 1 is 0.654 bits per heavy atom. The summed E-state index contributed by atoms with van der Waals surface area (Å²) in [5.41, 5.74) is 4.59. The number of benzene rings is 3. The summed E-state index contributed by atoms with van der Waals surface area (Å²) >= 11 is 5.22. The lowest BCUT2D eigenvalue weighted by Crippen LogP contribution is -1.94. The van der Waals surface area contributed by atoms with Crippen molar-refractivity contribution in [3.8, 4) is 0 Å². The molecule has 3 heteroatoms. The average molecular weight is 418 g/mol. The summed E-state index contributed by atoms with van der Waals surface area (Å²) in [6.07, 6.45) is 4.19. The molecule has 0 radical (unpaired) electrons. The second-order valence-electron chi connectivity index (χ2n) is 5.87. The highest BCUT2D eigenvalue weighted by atomic mass is 79.9. The van der Waals surface area contributed by atoms with Crippen LogP contribution in [-0.4, -0.2) is 5.04 Å². The second-order valence-corrected chi connectivity index (χ2v) is 7.81. The summed E-state index contributed by atoms with van der Waals surface area (Å²) < 4.78 is 1.07. The largest absolute Gasteiger partial charge is 0.248 e. The van der Waals surface area contributed by atoms with Crippen LogP contribution in [0.5, 0.6) is 0 Å². The first kappa shape index (κ1) is 17.1. The van der Waals surface area contributed by atoms with Crippen LogP contribution < -0.4 is 0 Å². The van der Waals surface area contributed by atoms with Crippen LogP contribution in [0.2, 0.25) is 0 Å². The second kappa shape index (κ2) is 7.90. The van der Waals surface area contributed by atoms with Crippen molar-refractivity contribution in [2.45, 2.75) is 0 Å². The van der Waals surface area contributed by atoms with Gasteiger partial charge in [-0.2, -0.15) is 0 Å². The van der Waals surface area contributed by atoms with E-state index in [1.54, 1.807) is 11.8 Å². The van der Waals surface area contributed by atoms with Crippen molar-refractivity contribution in [1.29, 1.82) is 0 Å². The highest BCUT2D eigenvalue weighted by molar-refractivity contribution is 9.10. The number of thioether (sulfide) groups is 1. The number of hydrogen-bond acceptors (Lipinski definition) is 2. The molecule has 0 unspecified atom stereocenters. The fourth-order valence-electron chi connectivity index (χ4n) is 2.73. The Bertz CT molecular complexity index is 987. The Hall–Kier alpha value is -2.36. The average Bonchev–Trinajstić information content (AvgIpc) is 2.93. The molecule has 1 nitrogen and oxygen atoms in total. The van der Waals surface area contributed by atoms with Gasteiger partial charge in [0.15, 0.2) is 0 Å². The molecule has 0 saturated carbocycles. The van der Waals surface area contributed by atoms with Gasteiger partial charge in [0.05, 0.1) is 0 Å². The molecule has 0 saturated heterocycles. The van der Waals surface area contributed by atoms with E-state index in [1.807, 2.05) is 18.3 Å². The van der Waals surface area contributed by atoms with Gasteiger partial charge in [-0.15, -0.1) is 0 Å². The van der Waals surface area contributed by atoms with Gasteiger partial charge in [-0.3, -0.25) is 0 Å². The first-order valence-electron chi connectivity index (χ1n) is 8.34. The summed E-state index contributed by atoms with van der Waals surface area (Å²) in [5, 5.41) is 1.01. The zero-order chi connectivity index (χ0) is 17.8. The van der Waals surface area contributed by atoms with E-state index < -0.39 is 0 Å². The summed E-state index contributed by atoms with van der Waals surface area (Å²) in [7, 11) is 0. The SMILES string of the molecule is Brc1ccc(C2=CN=C(c3ccccc3)SC(c3ccccc3)=C2)cc1. The number of nitrogens with zero attached hydrogens (tertiary/aromatic N) is 1. The maximum Gasteiger partial charge on any atom is 0.108 e. The molecule has 3 aromatic rings. The van der Waals surface area contributed by atoms with E-state index in [1.165, 1.54) is 10.5 Å². The minimum Gasteiger partial charge on any atom is -0.248 e. The van der Waals surface area contributed by atoms with Gasteiger partial charge >= 0.3 is 0 Å². The molecule has 0 fully saturated rings. The van der Waals surface area contributed by atoms with Crippen LogP contribution in [0.3, 0.4) is 0 Å². The molecule has 0 spiro atoms. The lowest BCUT2D eigenvalue weighted by atomic mass is 10.1. The monoisotopic (exact) mass is 417 g/mol. The smallest absolute Gasteiger partial charge is 0.108 e. The fourth-order valence-corrected chi connectivity index (χ4v) is 4.00. The van der Waals surface area contributed by atoms with Crippen molar-refractivity contribution in [2.24, 2.45) is 4.99 Å². The van der Waals surface area contributed by atoms with Crippen molar-refractivity contribution < 1.29 is 0 Å². The Morgan fingerprint density at radius 3 is 1.92 bits per heavy atom.